The Balaban J connectivity index is 1.71. The van der Waals surface area contributed by atoms with Crippen molar-refractivity contribution >= 4 is 38.6 Å². The van der Waals surface area contributed by atoms with Crippen LogP contribution < -0.4 is 0 Å². The summed E-state index contributed by atoms with van der Waals surface area (Å²) in [4.78, 5) is 12.9. The van der Waals surface area contributed by atoms with Gasteiger partial charge in [-0.1, -0.05) is 24.9 Å². The first kappa shape index (κ1) is 30.8. The molecule has 222 valence electrons. The van der Waals surface area contributed by atoms with Crippen molar-refractivity contribution in [1.29, 1.82) is 0 Å². The summed E-state index contributed by atoms with van der Waals surface area (Å²) in [6.07, 6.45) is 4.36. The van der Waals surface area contributed by atoms with Gasteiger partial charge in [0.15, 0.2) is 0 Å². The zero-order valence-electron chi connectivity index (χ0n) is 24.7. The summed E-state index contributed by atoms with van der Waals surface area (Å²) in [5, 5.41) is 10.9. The zero-order valence-corrected chi connectivity index (χ0v) is 26.3. The number of esters is 1. The minimum atomic E-state index is -3.54. The van der Waals surface area contributed by atoms with Crippen LogP contribution in [0.1, 0.15) is 64.9 Å². The van der Waals surface area contributed by atoms with E-state index >= 15 is 0 Å². The third-order valence-electron chi connectivity index (χ3n) is 7.45. The van der Waals surface area contributed by atoms with Gasteiger partial charge in [0.25, 0.3) is 10.1 Å². The second kappa shape index (κ2) is 12.4. The Morgan fingerprint density at radius 2 is 1.80 bits per heavy atom. The normalized spacial score (nSPS) is 12.0. The van der Waals surface area contributed by atoms with Crippen LogP contribution in [0.5, 0.6) is 0 Å². The molecule has 0 aliphatic heterocycles. The lowest BCUT2D eigenvalue weighted by molar-refractivity contribution is 0.0588. The van der Waals surface area contributed by atoms with Gasteiger partial charge >= 0.3 is 5.97 Å². The summed E-state index contributed by atoms with van der Waals surface area (Å²) in [6, 6.07) is 5.73. The van der Waals surface area contributed by atoms with Gasteiger partial charge in [0, 0.05) is 36.6 Å². The average molecular weight is 604 g/mol. The van der Waals surface area contributed by atoms with Gasteiger partial charge in [0.1, 0.15) is 12.3 Å². The molecule has 0 N–H and O–H groups in total. The average Bonchev–Trinajstić information content (AvgIpc) is 3.51. The first-order chi connectivity index (χ1) is 19.4. The molecule has 10 nitrogen and oxygen atoms in total. The van der Waals surface area contributed by atoms with E-state index in [4.69, 9.17) is 25.6 Å². The number of benzene rings is 1. The van der Waals surface area contributed by atoms with Crippen LogP contribution in [0, 0.1) is 20.8 Å². The van der Waals surface area contributed by atoms with Gasteiger partial charge in [0.05, 0.1) is 41.2 Å². The number of rotatable bonds is 12. The van der Waals surface area contributed by atoms with E-state index in [1.165, 1.54) is 7.11 Å². The fourth-order valence-corrected chi connectivity index (χ4v) is 5.89. The maximum atomic E-state index is 12.9. The molecule has 0 unspecified atom stereocenters. The van der Waals surface area contributed by atoms with E-state index in [1.807, 2.05) is 43.7 Å². The maximum absolute atomic E-state index is 12.9. The Morgan fingerprint density at radius 3 is 2.46 bits per heavy atom. The number of aryl methyl sites for hydroxylation is 6. The van der Waals surface area contributed by atoms with Crippen LogP contribution >= 0.6 is 11.6 Å². The standard InChI is InChI=1S/C29H38ClN5O5S/c1-8-9-14-34-24-13-12-23(30)26(25(24)19(3)28(34)29(36)39-6)27-18(2)20(4)31-35(27)15-10-11-21-16-22(33(5)32-21)17-40-41(7,37)38/h12-13,16H,8-11,14-15,17H2,1-7H3. The number of carbonyl (C=O) groups is 1. The molecule has 4 aromatic rings. The highest BCUT2D eigenvalue weighted by atomic mass is 35.5. The van der Waals surface area contributed by atoms with Crippen molar-refractivity contribution < 1.29 is 22.1 Å². The predicted molar refractivity (Wildman–Crippen MR) is 160 cm³/mol. The van der Waals surface area contributed by atoms with E-state index in [2.05, 4.69) is 16.6 Å². The smallest absolute Gasteiger partial charge is 0.354 e. The number of methoxy groups -OCH3 is 1. The van der Waals surface area contributed by atoms with Crippen LogP contribution in [-0.4, -0.2) is 51.9 Å². The van der Waals surface area contributed by atoms with Crippen molar-refractivity contribution in [2.24, 2.45) is 7.05 Å². The van der Waals surface area contributed by atoms with Crippen LogP contribution in [-0.2, 0) is 52.2 Å². The molecule has 0 aliphatic rings. The molecule has 0 bridgehead atoms. The second-order valence-corrected chi connectivity index (χ2v) is 12.4. The van der Waals surface area contributed by atoms with Crippen molar-refractivity contribution in [3.8, 4) is 11.3 Å². The van der Waals surface area contributed by atoms with E-state index in [1.54, 1.807) is 11.7 Å². The molecule has 0 amide bonds. The molecule has 41 heavy (non-hydrogen) atoms. The Labute approximate surface area is 246 Å². The highest BCUT2D eigenvalue weighted by Gasteiger charge is 2.27. The summed E-state index contributed by atoms with van der Waals surface area (Å²) in [5.41, 5.74) is 7.56. The van der Waals surface area contributed by atoms with E-state index in [0.29, 0.717) is 35.9 Å². The number of nitrogens with zero attached hydrogens (tertiary/aromatic N) is 5. The van der Waals surface area contributed by atoms with Crippen LogP contribution in [0.2, 0.25) is 5.02 Å². The molecule has 0 saturated heterocycles. The number of aromatic nitrogens is 5. The quantitative estimate of drug-likeness (QED) is 0.155. The first-order valence-electron chi connectivity index (χ1n) is 13.7. The summed E-state index contributed by atoms with van der Waals surface area (Å²) in [7, 11) is -0.368. The van der Waals surface area contributed by atoms with Crippen LogP contribution in [0.4, 0.5) is 0 Å². The van der Waals surface area contributed by atoms with E-state index in [9.17, 15) is 13.2 Å². The molecular formula is C29H38ClN5O5S. The van der Waals surface area contributed by atoms with Gasteiger partial charge in [-0.25, -0.2) is 4.79 Å². The summed E-state index contributed by atoms with van der Waals surface area (Å²) < 4.78 is 38.5. The second-order valence-electron chi connectivity index (χ2n) is 10.4. The van der Waals surface area contributed by atoms with Crippen LogP contribution in [0.15, 0.2) is 18.2 Å². The van der Waals surface area contributed by atoms with Crippen molar-refractivity contribution in [3.63, 3.8) is 0 Å². The molecule has 0 aliphatic carbocycles. The monoisotopic (exact) mass is 603 g/mol. The minimum Gasteiger partial charge on any atom is -0.464 e. The number of hydrogen-bond acceptors (Lipinski definition) is 7. The topological polar surface area (TPSA) is 110 Å². The number of halogens is 1. The van der Waals surface area contributed by atoms with Gasteiger partial charge in [-0.05, 0) is 69.4 Å². The maximum Gasteiger partial charge on any atom is 0.354 e. The molecule has 3 heterocycles. The van der Waals surface area contributed by atoms with Crippen LogP contribution in [0.3, 0.4) is 0 Å². The molecule has 12 heteroatoms. The predicted octanol–water partition coefficient (Wildman–Crippen LogP) is 5.51. The number of fused-ring (bicyclic) bond motifs is 1. The Morgan fingerprint density at radius 1 is 1.07 bits per heavy atom. The molecular weight excluding hydrogens is 566 g/mol. The van der Waals surface area contributed by atoms with Gasteiger partial charge in [-0.2, -0.15) is 18.6 Å². The van der Waals surface area contributed by atoms with Crippen molar-refractivity contribution in [1.82, 2.24) is 24.1 Å². The third-order valence-corrected chi connectivity index (χ3v) is 8.31. The molecule has 3 aromatic heterocycles. The summed E-state index contributed by atoms with van der Waals surface area (Å²) >= 11 is 6.92. The summed E-state index contributed by atoms with van der Waals surface area (Å²) in [5.74, 6) is -0.366. The third kappa shape index (κ3) is 6.37. The molecule has 4 rings (SSSR count). The molecule has 1 aromatic carbocycles. The number of hydrogen-bond donors (Lipinski definition) is 0. The van der Waals surface area contributed by atoms with E-state index < -0.39 is 10.1 Å². The van der Waals surface area contributed by atoms with Crippen molar-refractivity contribution in [3.05, 3.63) is 57.1 Å². The van der Waals surface area contributed by atoms with Crippen molar-refractivity contribution in [2.75, 3.05) is 13.4 Å². The van der Waals surface area contributed by atoms with Crippen molar-refractivity contribution in [2.45, 2.75) is 73.1 Å². The largest absolute Gasteiger partial charge is 0.464 e. The Bertz CT molecular complexity index is 1700. The lowest BCUT2D eigenvalue weighted by atomic mass is 9.99. The Kier molecular flexibility index (Phi) is 9.30. The minimum absolute atomic E-state index is 0.0582. The van der Waals surface area contributed by atoms with Gasteiger partial charge in [0.2, 0.25) is 0 Å². The first-order valence-corrected chi connectivity index (χ1v) is 15.9. The van der Waals surface area contributed by atoms with E-state index in [0.717, 1.165) is 70.2 Å². The lowest BCUT2D eigenvalue weighted by Crippen LogP contribution is -2.12. The number of ether oxygens (including phenoxy) is 1. The van der Waals surface area contributed by atoms with Crippen LogP contribution in [0.25, 0.3) is 22.2 Å². The number of carbonyl (C=O) groups excluding carboxylic acids is 1. The van der Waals surface area contributed by atoms with Gasteiger partial charge < -0.3 is 9.30 Å². The van der Waals surface area contributed by atoms with Gasteiger partial charge in [-0.15, -0.1) is 0 Å². The molecule has 0 spiro atoms. The molecule has 0 fully saturated rings. The Hall–Kier alpha value is -3.15. The zero-order chi connectivity index (χ0) is 30.1. The highest BCUT2D eigenvalue weighted by molar-refractivity contribution is 7.85. The molecule has 0 atom stereocenters. The summed E-state index contributed by atoms with van der Waals surface area (Å²) in [6.45, 7) is 9.35. The SMILES string of the molecule is CCCCn1c(C(=O)OC)c(C)c2c(-c3c(C)c(C)nn3CCCc3cc(COS(C)(=O)=O)n(C)n3)c(Cl)ccc21. The van der Waals surface area contributed by atoms with E-state index in [-0.39, 0.29) is 12.6 Å². The fourth-order valence-electron chi connectivity index (χ4n) is 5.31. The fraction of sp³-hybridized carbons (Fsp3) is 0.483. The number of unbranched alkanes of at least 4 members (excludes halogenated alkanes) is 1. The lowest BCUT2D eigenvalue weighted by Gasteiger charge is -2.13. The highest BCUT2D eigenvalue weighted by Crippen LogP contribution is 2.41. The molecule has 0 radical (unpaired) electrons. The molecule has 0 saturated carbocycles. The van der Waals surface area contributed by atoms with Gasteiger partial charge in [-0.3, -0.25) is 13.5 Å².